The van der Waals surface area contributed by atoms with Gasteiger partial charge in [-0.05, 0) is 188 Å². The Balaban J connectivity index is 0.716. The summed E-state index contributed by atoms with van der Waals surface area (Å²) in [6.45, 7) is 5.64. The largest absolute Gasteiger partial charge is 0.462 e. The van der Waals surface area contributed by atoms with E-state index in [1.807, 2.05) is 0 Å². The molecule has 12 atom stereocenters. The molecule has 0 heterocycles. The van der Waals surface area contributed by atoms with Crippen LogP contribution in [0.25, 0.3) is 0 Å². The van der Waals surface area contributed by atoms with Crippen LogP contribution < -0.4 is 0 Å². The van der Waals surface area contributed by atoms with Crippen molar-refractivity contribution in [2.24, 2.45) is 71.0 Å². The lowest BCUT2D eigenvalue weighted by Crippen LogP contribution is -2.20. The quantitative estimate of drug-likeness (QED) is 0.0458. The molecule has 0 radical (unpaired) electrons. The van der Waals surface area contributed by atoms with Crippen molar-refractivity contribution in [2.75, 3.05) is 20.6 Å². The van der Waals surface area contributed by atoms with Crippen molar-refractivity contribution in [3.05, 3.63) is 0 Å². The topological polar surface area (TPSA) is 29.5 Å². The Morgan fingerprint density at radius 1 is 0.431 bits per heavy atom. The standard InChI is InChI=1S/C55H99NO2/c1-5-7-17-24-42-32-46(42)36-50-40-52(50)38-48-34-44(48)26-19-13-9-11-15-21-28-54(58-55(57)30-23-31-56(3)4)29-22-16-12-10-14-20-27-45-35-49(45)39-53-41-51(53)37-47-33-43(47)25-18-8-6-2/h42-54H,5-41H2,1-4H3. The van der Waals surface area contributed by atoms with Gasteiger partial charge in [0.1, 0.15) is 6.10 Å². The van der Waals surface area contributed by atoms with E-state index in [9.17, 15) is 4.79 Å². The lowest BCUT2D eigenvalue weighted by Gasteiger charge is -2.18. The highest BCUT2D eigenvalue weighted by Crippen LogP contribution is 2.59. The number of rotatable bonds is 39. The number of ether oxygens (including phenoxy) is 1. The fraction of sp³-hybridized carbons (Fsp3) is 0.982. The molecule has 6 aliphatic rings. The molecular formula is C55H99NO2. The van der Waals surface area contributed by atoms with Crippen molar-refractivity contribution in [1.29, 1.82) is 0 Å². The average molecular weight is 806 g/mol. The minimum absolute atomic E-state index is 0.0433. The Hall–Kier alpha value is -0.570. The first-order chi connectivity index (χ1) is 28.4. The third-order valence-electron chi connectivity index (χ3n) is 17.2. The molecule has 0 aromatic heterocycles. The molecular weight excluding hydrogens is 707 g/mol. The summed E-state index contributed by atoms with van der Waals surface area (Å²) in [4.78, 5) is 14.9. The molecule has 6 saturated carbocycles. The lowest BCUT2D eigenvalue weighted by molar-refractivity contribution is -0.150. The van der Waals surface area contributed by atoms with Gasteiger partial charge >= 0.3 is 5.97 Å². The Morgan fingerprint density at radius 3 is 1.10 bits per heavy atom. The molecule has 6 fully saturated rings. The van der Waals surface area contributed by atoms with Crippen LogP contribution in [0.2, 0.25) is 0 Å². The summed E-state index contributed by atoms with van der Waals surface area (Å²) in [5, 5.41) is 0. The summed E-state index contributed by atoms with van der Waals surface area (Å²) in [5.74, 6) is 13.4. The van der Waals surface area contributed by atoms with Gasteiger partial charge in [0, 0.05) is 6.42 Å². The zero-order chi connectivity index (χ0) is 40.5. The fourth-order valence-corrected chi connectivity index (χ4v) is 12.5. The predicted octanol–water partition coefficient (Wildman–Crippen LogP) is 16.0. The minimum atomic E-state index is 0.0433. The number of carbonyl (C=O) groups excluding carboxylic acids is 1. The first-order valence-corrected chi connectivity index (χ1v) is 27.2. The maximum absolute atomic E-state index is 12.7. The summed E-state index contributed by atoms with van der Waals surface area (Å²) in [7, 11) is 4.18. The van der Waals surface area contributed by atoms with Gasteiger partial charge in [-0.3, -0.25) is 4.79 Å². The molecule has 0 N–H and O–H groups in total. The zero-order valence-corrected chi connectivity index (χ0v) is 39.4. The molecule has 3 nitrogen and oxygen atoms in total. The van der Waals surface area contributed by atoms with Gasteiger partial charge in [-0.25, -0.2) is 0 Å². The molecule has 0 bridgehead atoms. The van der Waals surface area contributed by atoms with Crippen LogP contribution in [0.5, 0.6) is 0 Å². The Bertz CT molecular complexity index is 1050. The zero-order valence-electron chi connectivity index (χ0n) is 39.4. The molecule has 0 saturated heterocycles. The average Bonchev–Trinajstić information content (AvgIpc) is 3.96. The molecule has 0 spiro atoms. The van der Waals surface area contributed by atoms with Crippen molar-refractivity contribution in [3.63, 3.8) is 0 Å². The highest BCUT2D eigenvalue weighted by molar-refractivity contribution is 5.69. The van der Waals surface area contributed by atoms with Gasteiger partial charge in [0.05, 0.1) is 0 Å². The number of carbonyl (C=O) groups is 1. The van der Waals surface area contributed by atoms with Crippen molar-refractivity contribution >= 4 is 5.97 Å². The van der Waals surface area contributed by atoms with Crippen LogP contribution in [0.1, 0.15) is 245 Å². The summed E-state index contributed by atoms with van der Waals surface area (Å²) in [5.41, 5.74) is 0. The van der Waals surface area contributed by atoms with E-state index in [2.05, 4.69) is 32.8 Å². The van der Waals surface area contributed by atoms with Crippen LogP contribution in [-0.2, 0) is 9.53 Å². The van der Waals surface area contributed by atoms with Gasteiger partial charge in [-0.2, -0.15) is 0 Å². The second-order valence-corrected chi connectivity index (χ2v) is 22.9. The van der Waals surface area contributed by atoms with Gasteiger partial charge in [-0.1, -0.05) is 142 Å². The maximum Gasteiger partial charge on any atom is 0.306 e. The van der Waals surface area contributed by atoms with Gasteiger partial charge in [0.15, 0.2) is 0 Å². The predicted molar refractivity (Wildman–Crippen MR) is 248 cm³/mol. The molecule has 12 unspecified atom stereocenters. The normalized spacial score (nSPS) is 33.3. The molecule has 0 aromatic rings. The summed E-state index contributed by atoms with van der Waals surface area (Å²) >= 11 is 0. The van der Waals surface area contributed by atoms with Gasteiger partial charge < -0.3 is 9.64 Å². The fourth-order valence-electron chi connectivity index (χ4n) is 12.5. The van der Waals surface area contributed by atoms with Crippen LogP contribution in [0, 0.1) is 71.0 Å². The number of hydrogen-bond acceptors (Lipinski definition) is 3. The Morgan fingerprint density at radius 2 is 0.741 bits per heavy atom. The molecule has 0 aliphatic heterocycles. The van der Waals surface area contributed by atoms with Gasteiger partial charge in [0.25, 0.3) is 0 Å². The van der Waals surface area contributed by atoms with Crippen LogP contribution in [0.3, 0.4) is 0 Å². The third-order valence-corrected chi connectivity index (χ3v) is 17.2. The SMILES string of the molecule is CCCCCC1CC1CC1CC1CC1CC1CCCCCCCCC(CCCCCCCCC1CC1CC1CC1CC1CC1CCCCC)OC(=O)CCCN(C)C. The summed E-state index contributed by atoms with van der Waals surface area (Å²) < 4.78 is 6.12. The summed E-state index contributed by atoms with van der Waals surface area (Å²) in [6.07, 6.45) is 50.7. The van der Waals surface area contributed by atoms with E-state index >= 15 is 0 Å². The van der Waals surface area contributed by atoms with Crippen LogP contribution in [0.4, 0.5) is 0 Å². The maximum atomic E-state index is 12.7. The molecule has 336 valence electrons. The molecule has 58 heavy (non-hydrogen) atoms. The van der Waals surface area contributed by atoms with Gasteiger partial charge in [0.2, 0.25) is 0 Å². The molecule has 6 aliphatic carbocycles. The van der Waals surface area contributed by atoms with E-state index in [0.29, 0.717) is 6.42 Å². The minimum Gasteiger partial charge on any atom is -0.462 e. The molecule has 3 heteroatoms. The van der Waals surface area contributed by atoms with E-state index in [-0.39, 0.29) is 12.1 Å². The molecule has 6 rings (SSSR count). The number of esters is 1. The first kappa shape index (κ1) is 46.9. The van der Waals surface area contributed by atoms with E-state index < -0.39 is 0 Å². The van der Waals surface area contributed by atoms with Crippen LogP contribution >= 0.6 is 0 Å². The lowest BCUT2D eigenvalue weighted by atomic mass is 10.0. The Labute approximate surface area is 361 Å². The second-order valence-electron chi connectivity index (χ2n) is 22.9. The number of hydrogen-bond donors (Lipinski definition) is 0. The van der Waals surface area contributed by atoms with E-state index in [4.69, 9.17) is 4.74 Å². The monoisotopic (exact) mass is 806 g/mol. The molecule has 0 amide bonds. The second kappa shape index (κ2) is 25.5. The highest BCUT2D eigenvalue weighted by Gasteiger charge is 2.49. The van der Waals surface area contributed by atoms with Crippen molar-refractivity contribution in [1.82, 2.24) is 4.90 Å². The van der Waals surface area contributed by atoms with Crippen LogP contribution in [0.15, 0.2) is 0 Å². The van der Waals surface area contributed by atoms with Gasteiger partial charge in [-0.15, -0.1) is 0 Å². The third kappa shape index (κ3) is 18.8. The highest BCUT2D eigenvalue weighted by atomic mass is 16.5. The molecule has 0 aromatic carbocycles. The van der Waals surface area contributed by atoms with E-state index in [1.54, 1.807) is 64.2 Å². The van der Waals surface area contributed by atoms with E-state index in [0.717, 1.165) is 96.8 Å². The Kier molecular flexibility index (Phi) is 20.6. The first-order valence-electron chi connectivity index (χ1n) is 27.2. The number of nitrogens with zero attached hydrogens (tertiary/aromatic N) is 1. The van der Waals surface area contributed by atoms with Crippen molar-refractivity contribution in [3.8, 4) is 0 Å². The number of unbranched alkanes of at least 4 members (excludes halogenated alkanes) is 14. The van der Waals surface area contributed by atoms with Crippen LogP contribution in [-0.4, -0.2) is 37.6 Å². The van der Waals surface area contributed by atoms with Crippen molar-refractivity contribution in [2.45, 2.75) is 251 Å². The van der Waals surface area contributed by atoms with E-state index in [1.165, 1.54) is 141 Å². The van der Waals surface area contributed by atoms with Crippen molar-refractivity contribution < 1.29 is 9.53 Å². The summed E-state index contributed by atoms with van der Waals surface area (Å²) in [6, 6.07) is 0. The smallest absolute Gasteiger partial charge is 0.306 e.